The van der Waals surface area contributed by atoms with E-state index in [2.05, 4.69) is 12.1 Å². The fraction of sp³-hybridized carbons (Fsp3) is 0.250. The molecular weight excluding hydrogens is 428 g/mol. The van der Waals surface area contributed by atoms with Crippen molar-refractivity contribution in [3.8, 4) is 5.75 Å². The van der Waals surface area contributed by atoms with E-state index >= 15 is 0 Å². The largest absolute Gasteiger partial charge is 0.494 e. The molecule has 3 amide bonds. The minimum absolute atomic E-state index is 0.0124. The Bertz CT molecular complexity index is 1280. The number of benzene rings is 3. The Labute approximate surface area is 198 Å². The molecule has 172 valence electrons. The Balaban J connectivity index is 1.41. The maximum Gasteiger partial charge on any atom is 0.266 e. The number of nitrogens with zero attached hydrogens (tertiary/aromatic N) is 2. The monoisotopic (exact) mass is 454 g/mol. The molecule has 2 heterocycles. The number of ether oxygens (including phenoxy) is 1. The predicted molar refractivity (Wildman–Crippen MR) is 129 cm³/mol. The molecule has 1 saturated heterocycles. The first kappa shape index (κ1) is 21.9. The van der Waals surface area contributed by atoms with Crippen molar-refractivity contribution in [3.05, 3.63) is 94.5 Å². The number of likely N-dealkylation sites (tertiary alicyclic amines) is 1. The standard InChI is InChI=1S/C28H26N2O4/c1-3-34-22-12-10-21(11-13-22)30-27(32)23-14-9-20(17-24(23)28(30)33)26(31)29-15-5-8-25(29)19-7-4-6-18(2)16-19/h4,6-7,9-14,16-17,25H,3,5,8,15H2,1-2H3. The topological polar surface area (TPSA) is 66.9 Å². The highest BCUT2D eigenvalue weighted by molar-refractivity contribution is 6.34. The number of aryl methyl sites for hydroxylation is 1. The third-order valence-electron chi connectivity index (χ3n) is 6.48. The van der Waals surface area contributed by atoms with E-state index in [0.717, 1.165) is 28.9 Å². The molecule has 0 spiro atoms. The molecule has 6 nitrogen and oxygen atoms in total. The van der Waals surface area contributed by atoms with E-state index in [-0.39, 0.29) is 23.4 Å². The van der Waals surface area contributed by atoms with Gasteiger partial charge in [-0.3, -0.25) is 14.4 Å². The van der Waals surface area contributed by atoms with E-state index < -0.39 is 5.91 Å². The van der Waals surface area contributed by atoms with Crippen molar-refractivity contribution >= 4 is 23.4 Å². The van der Waals surface area contributed by atoms with Crippen LogP contribution < -0.4 is 9.64 Å². The fourth-order valence-corrected chi connectivity index (χ4v) is 4.87. The van der Waals surface area contributed by atoms with Gasteiger partial charge in [0.25, 0.3) is 17.7 Å². The van der Waals surface area contributed by atoms with E-state index in [1.165, 1.54) is 0 Å². The van der Waals surface area contributed by atoms with E-state index in [1.54, 1.807) is 42.5 Å². The molecule has 6 heteroatoms. The van der Waals surface area contributed by atoms with Gasteiger partial charge in [-0.05, 0) is 74.7 Å². The first-order valence-corrected chi connectivity index (χ1v) is 11.6. The van der Waals surface area contributed by atoms with Gasteiger partial charge in [-0.15, -0.1) is 0 Å². The Kier molecular flexibility index (Phi) is 5.65. The summed E-state index contributed by atoms with van der Waals surface area (Å²) in [5, 5.41) is 0. The average molecular weight is 455 g/mol. The smallest absolute Gasteiger partial charge is 0.266 e. The second-order valence-electron chi connectivity index (χ2n) is 8.70. The maximum atomic E-state index is 13.5. The number of rotatable bonds is 5. The number of imide groups is 1. The molecule has 3 aromatic carbocycles. The maximum absolute atomic E-state index is 13.5. The molecule has 1 unspecified atom stereocenters. The van der Waals surface area contributed by atoms with E-state index in [1.807, 2.05) is 30.9 Å². The molecule has 2 aliphatic heterocycles. The van der Waals surface area contributed by atoms with Gasteiger partial charge in [0.15, 0.2) is 0 Å². The lowest BCUT2D eigenvalue weighted by molar-refractivity contribution is 0.0735. The van der Waals surface area contributed by atoms with Crippen LogP contribution >= 0.6 is 0 Å². The molecule has 0 aromatic heterocycles. The fourth-order valence-electron chi connectivity index (χ4n) is 4.87. The van der Waals surface area contributed by atoms with Gasteiger partial charge < -0.3 is 9.64 Å². The molecule has 5 rings (SSSR count). The van der Waals surface area contributed by atoms with Crippen LogP contribution in [0.15, 0.2) is 66.7 Å². The van der Waals surface area contributed by atoms with Crippen LogP contribution in [-0.4, -0.2) is 35.8 Å². The number of amides is 3. The Hall–Kier alpha value is -3.93. The SMILES string of the molecule is CCOc1ccc(N2C(=O)c3ccc(C(=O)N4CCCC4c4cccc(C)c4)cc3C2=O)cc1. The number of carbonyl (C=O) groups is 3. The molecule has 0 saturated carbocycles. The molecule has 1 atom stereocenters. The summed E-state index contributed by atoms with van der Waals surface area (Å²) in [5.74, 6) is -0.256. The predicted octanol–water partition coefficient (Wildman–Crippen LogP) is 5.17. The Morgan fingerprint density at radius 2 is 1.74 bits per heavy atom. The molecule has 0 aliphatic carbocycles. The van der Waals surface area contributed by atoms with E-state index in [4.69, 9.17) is 4.74 Å². The molecule has 1 fully saturated rings. The van der Waals surface area contributed by atoms with Crippen molar-refractivity contribution in [1.29, 1.82) is 0 Å². The zero-order valence-electron chi connectivity index (χ0n) is 19.3. The minimum Gasteiger partial charge on any atom is -0.494 e. The molecular formula is C28H26N2O4. The van der Waals surface area contributed by atoms with Crippen molar-refractivity contribution in [3.63, 3.8) is 0 Å². The number of carbonyl (C=O) groups excluding carboxylic acids is 3. The Morgan fingerprint density at radius 3 is 2.47 bits per heavy atom. The number of fused-ring (bicyclic) bond motifs is 1. The van der Waals surface area contributed by atoms with E-state index in [9.17, 15) is 14.4 Å². The van der Waals surface area contributed by atoms with Crippen LogP contribution in [0.1, 0.15) is 68.0 Å². The van der Waals surface area contributed by atoms with Crippen LogP contribution in [-0.2, 0) is 0 Å². The summed E-state index contributed by atoms with van der Waals surface area (Å²) in [6.45, 7) is 5.14. The van der Waals surface area contributed by atoms with Gasteiger partial charge in [-0.1, -0.05) is 29.8 Å². The summed E-state index contributed by atoms with van der Waals surface area (Å²) in [5.41, 5.74) is 3.76. The van der Waals surface area contributed by atoms with Gasteiger partial charge in [0, 0.05) is 12.1 Å². The summed E-state index contributed by atoms with van der Waals surface area (Å²) in [7, 11) is 0. The second-order valence-corrected chi connectivity index (χ2v) is 8.70. The highest BCUT2D eigenvalue weighted by Gasteiger charge is 2.38. The van der Waals surface area contributed by atoms with Crippen LogP contribution in [0.3, 0.4) is 0 Å². The van der Waals surface area contributed by atoms with Crippen LogP contribution in [0.25, 0.3) is 0 Å². The molecule has 0 bridgehead atoms. The van der Waals surface area contributed by atoms with Gasteiger partial charge in [0.1, 0.15) is 5.75 Å². The molecule has 34 heavy (non-hydrogen) atoms. The van der Waals surface area contributed by atoms with Crippen LogP contribution in [0.5, 0.6) is 5.75 Å². The van der Waals surface area contributed by atoms with Crippen molar-refractivity contribution in [2.24, 2.45) is 0 Å². The van der Waals surface area contributed by atoms with Crippen molar-refractivity contribution in [2.45, 2.75) is 32.7 Å². The average Bonchev–Trinajstić information content (AvgIpc) is 3.43. The van der Waals surface area contributed by atoms with Crippen molar-refractivity contribution in [2.75, 3.05) is 18.1 Å². The Morgan fingerprint density at radius 1 is 0.971 bits per heavy atom. The summed E-state index contributed by atoms with van der Waals surface area (Å²) < 4.78 is 5.45. The zero-order chi connectivity index (χ0) is 23.8. The van der Waals surface area contributed by atoms with Gasteiger partial charge in [-0.25, -0.2) is 4.90 Å². The lowest BCUT2D eigenvalue weighted by Gasteiger charge is -2.25. The third kappa shape index (κ3) is 3.75. The summed E-state index contributed by atoms with van der Waals surface area (Å²) >= 11 is 0. The number of hydrogen-bond donors (Lipinski definition) is 0. The van der Waals surface area contributed by atoms with Crippen LogP contribution in [0.4, 0.5) is 5.69 Å². The number of anilines is 1. The third-order valence-corrected chi connectivity index (χ3v) is 6.48. The molecule has 2 aliphatic rings. The van der Waals surface area contributed by atoms with Crippen molar-refractivity contribution in [1.82, 2.24) is 4.90 Å². The summed E-state index contributed by atoms with van der Waals surface area (Å²) in [4.78, 5) is 42.7. The lowest BCUT2D eigenvalue weighted by Crippen LogP contribution is -2.31. The normalized spacial score (nSPS) is 17.3. The van der Waals surface area contributed by atoms with Crippen LogP contribution in [0.2, 0.25) is 0 Å². The zero-order valence-corrected chi connectivity index (χ0v) is 19.3. The number of hydrogen-bond acceptors (Lipinski definition) is 4. The summed E-state index contributed by atoms with van der Waals surface area (Å²) in [6.07, 6.45) is 1.83. The van der Waals surface area contributed by atoms with E-state index in [0.29, 0.717) is 35.7 Å². The molecule has 0 N–H and O–H groups in total. The molecule has 0 radical (unpaired) electrons. The minimum atomic E-state index is -0.421. The first-order chi connectivity index (χ1) is 16.5. The molecule has 3 aromatic rings. The quantitative estimate of drug-likeness (QED) is 0.499. The first-order valence-electron chi connectivity index (χ1n) is 11.6. The second kappa shape index (κ2) is 8.78. The highest BCUT2D eigenvalue weighted by Crippen LogP contribution is 2.35. The van der Waals surface area contributed by atoms with Crippen molar-refractivity contribution < 1.29 is 19.1 Å². The van der Waals surface area contributed by atoms with Gasteiger partial charge in [0.2, 0.25) is 0 Å². The van der Waals surface area contributed by atoms with Crippen LogP contribution in [0, 0.1) is 6.92 Å². The lowest BCUT2D eigenvalue weighted by atomic mass is 10.0. The summed E-state index contributed by atoms with van der Waals surface area (Å²) in [6, 6.07) is 19.9. The van der Waals surface area contributed by atoms with Gasteiger partial charge in [-0.2, -0.15) is 0 Å². The highest BCUT2D eigenvalue weighted by atomic mass is 16.5. The van der Waals surface area contributed by atoms with Gasteiger partial charge >= 0.3 is 0 Å². The van der Waals surface area contributed by atoms with Gasteiger partial charge in [0.05, 0.1) is 29.5 Å².